The highest BCUT2D eigenvalue weighted by Gasteiger charge is 2.40. The molecule has 2 aromatic rings. The molecule has 0 fully saturated rings. The van der Waals surface area contributed by atoms with Gasteiger partial charge in [-0.1, -0.05) is 41.9 Å². The van der Waals surface area contributed by atoms with Crippen molar-refractivity contribution in [3.8, 4) is 11.5 Å². The molecular weight excluding hydrogens is 432 g/mol. The highest BCUT2D eigenvalue weighted by molar-refractivity contribution is 9.10. The second-order valence-corrected chi connectivity index (χ2v) is 9.16. The van der Waals surface area contributed by atoms with Gasteiger partial charge in [-0.2, -0.15) is 0 Å². The largest absolute Gasteiger partial charge is 0.497 e. The molecule has 1 heterocycles. The van der Waals surface area contributed by atoms with Crippen molar-refractivity contribution in [3.05, 3.63) is 57.7 Å². The number of anilines is 2. The van der Waals surface area contributed by atoms with Crippen molar-refractivity contribution in [2.75, 3.05) is 24.9 Å². The molecule has 0 aromatic heterocycles. The fourth-order valence-electron chi connectivity index (χ4n) is 4.24. The van der Waals surface area contributed by atoms with Gasteiger partial charge in [-0.3, -0.25) is 4.79 Å². The molecule has 1 aliphatic heterocycles. The van der Waals surface area contributed by atoms with E-state index in [-0.39, 0.29) is 17.2 Å². The number of rotatable bonds is 3. The molecule has 5 nitrogen and oxygen atoms in total. The molecule has 2 aromatic carbocycles. The first-order valence-corrected chi connectivity index (χ1v) is 10.4. The molecule has 0 spiro atoms. The summed E-state index contributed by atoms with van der Waals surface area (Å²) in [7, 11) is 3.26. The van der Waals surface area contributed by atoms with E-state index >= 15 is 0 Å². The number of carbonyl (C=O) groups is 1. The smallest absolute Gasteiger partial charge is 0.163 e. The van der Waals surface area contributed by atoms with Crippen molar-refractivity contribution in [1.82, 2.24) is 0 Å². The fraction of sp³-hybridized carbons (Fsp3) is 0.348. The number of ether oxygens (including phenoxy) is 2. The number of hydrogen-bond donors (Lipinski definition) is 2. The lowest BCUT2D eigenvalue weighted by Crippen LogP contribution is -2.31. The number of benzene rings is 2. The summed E-state index contributed by atoms with van der Waals surface area (Å²) in [5.41, 5.74) is 4.45. The van der Waals surface area contributed by atoms with E-state index in [0.29, 0.717) is 17.9 Å². The third kappa shape index (κ3) is 3.62. The van der Waals surface area contributed by atoms with Crippen molar-refractivity contribution in [2.24, 2.45) is 5.41 Å². The third-order valence-corrected chi connectivity index (χ3v) is 6.19. The van der Waals surface area contributed by atoms with Crippen LogP contribution in [0.5, 0.6) is 11.5 Å². The Morgan fingerprint density at radius 3 is 2.48 bits per heavy atom. The van der Waals surface area contributed by atoms with E-state index in [1.165, 1.54) is 0 Å². The minimum atomic E-state index is -0.347. The van der Waals surface area contributed by atoms with E-state index in [0.717, 1.165) is 39.1 Å². The number of Topliss-reactive ketones (excluding diaryl/α,β-unsaturated/α-hetero) is 1. The average molecular weight is 457 g/mol. The first kappa shape index (κ1) is 19.8. The van der Waals surface area contributed by atoms with Crippen LogP contribution in [0, 0.1) is 5.41 Å². The van der Waals surface area contributed by atoms with E-state index in [4.69, 9.17) is 9.47 Å². The van der Waals surface area contributed by atoms with Crippen LogP contribution in [-0.4, -0.2) is 20.0 Å². The Morgan fingerprint density at radius 1 is 1.07 bits per heavy atom. The molecule has 0 saturated carbocycles. The van der Waals surface area contributed by atoms with Crippen LogP contribution < -0.4 is 20.1 Å². The number of hydrogen-bond acceptors (Lipinski definition) is 5. The molecule has 0 radical (unpaired) electrons. The second kappa shape index (κ2) is 7.41. The summed E-state index contributed by atoms with van der Waals surface area (Å²) >= 11 is 3.69. The lowest BCUT2D eigenvalue weighted by atomic mass is 9.73. The SMILES string of the molecule is COc1cc(Br)c([C@H]2Nc3ccccc3NC3=C2C(=O)CC(C)(C)C3)c(OC)c1. The Labute approximate surface area is 179 Å². The number of allylic oxidation sites excluding steroid dienone is 1. The van der Waals surface area contributed by atoms with Crippen LogP contribution in [0.1, 0.15) is 38.3 Å². The van der Waals surface area contributed by atoms with Crippen molar-refractivity contribution in [1.29, 1.82) is 0 Å². The Kier molecular flexibility index (Phi) is 5.07. The normalized spacial score (nSPS) is 20.0. The molecule has 4 rings (SSSR count). The van der Waals surface area contributed by atoms with Gasteiger partial charge in [0.25, 0.3) is 0 Å². The van der Waals surface area contributed by atoms with Crippen LogP contribution in [0.15, 0.2) is 52.1 Å². The van der Waals surface area contributed by atoms with Crippen molar-refractivity contribution in [3.63, 3.8) is 0 Å². The first-order chi connectivity index (χ1) is 13.8. The van der Waals surface area contributed by atoms with Gasteiger partial charge in [-0.15, -0.1) is 0 Å². The number of nitrogens with one attached hydrogen (secondary N) is 2. The molecule has 0 unspecified atom stereocenters. The lowest BCUT2D eigenvalue weighted by Gasteiger charge is -2.34. The second-order valence-electron chi connectivity index (χ2n) is 8.31. The van der Waals surface area contributed by atoms with Crippen LogP contribution in [0.2, 0.25) is 0 Å². The first-order valence-electron chi connectivity index (χ1n) is 9.63. The van der Waals surface area contributed by atoms with Crippen LogP contribution in [0.25, 0.3) is 0 Å². The summed E-state index contributed by atoms with van der Waals surface area (Å²) in [4.78, 5) is 13.3. The summed E-state index contributed by atoms with van der Waals surface area (Å²) in [6.07, 6.45) is 1.31. The maximum Gasteiger partial charge on any atom is 0.163 e. The van der Waals surface area contributed by atoms with E-state index in [1.54, 1.807) is 14.2 Å². The summed E-state index contributed by atoms with van der Waals surface area (Å²) in [6, 6.07) is 11.4. The molecule has 6 heteroatoms. The van der Waals surface area contributed by atoms with E-state index < -0.39 is 0 Å². The minimum absolute atomic E-state index is 0.0893. The van der Waals surface area contributed by atoms with Crippen LogP contribution in [0.3, 0.4) is 0 Å². The van der Waals surface area contributed by atoms with Crippen molar-refractivity contribution in [2.45, 2.75) is 32.7 Å². The quantitative estimate of drug-likeness (QED) is 0.621. The van der Waals surface area contributed by atoms with Crippen LogP contribution in [0.4, 0.5) is 11.4 Å². The molecule has 2 N–H and O–H groups in total. The number of ketones is 1. The van der Waals surface area contributed by atoms with Gasteiger partial charge in [0.05, 0.1) is 31.6 Å². The number of para-hydroxylation sites is 2. The summed E-state index contributed by atoms with van der Waals surface area (Å²) in [5.74, 6) is 1.51. The highest BCUT2D eigenvalue weighted by Crippen LogP contribution is 2.49. The molecule has 2 aliphatic rings. The average Bonchev–Trinajstić information content (AvgIpc) is 2.82. The summed E-state index contributed by atoms with van der Waals surface area (Å²) in [5, 5.41) is 7.14. The van der Waals surface area contributed by atoms with Gasteiger partial charge in [0, 0.05) is 33.8 Å². The van der Waals surface area contributed by atoms with Gasteiger partial charge in [-0.25, -0.2) is 0 Å². The van der Waals surface area contributed by atoms with Crippen molar-refractivity contribution >= 4 is 33.1 Å². The molecule has 0 amide bonds. The number of methoxy groups -OCH3 is 2. The monoisotopic (exact) mass is 456 g/mol. The lowest BCUT2D eigenvalue weighted by molar-refractivity contribution is -0.118. The predicted molar refractivity (Wildman–Crippen MR) is 119 cm³/mol. The maximum absolute atomic E-state index is 13.3. The highest BCUT2D eigenvalue weighted by atomic mass is 79.9. The number of carbonyl (C=O) groups excluding carboxylic acids is 1. The molecule has 0 bridgehead atoms. The Bertz CT molecular complexity index is 1010. The standard InChI is InChI=1S/C23H25BrN2O3/c1-23(2)11-17-21(18(27)12-23)22(26-16-8-6-5-7-15(16)25-17)20-14(24)9-13(28-3)10-19(20)29-4/h5-10,22,25-26H,11-12H2,1-4H3/t22-/m1/s1. The van der Waals surface area contributed by atoms with Crippen molar-refractivity contribution < 1.29 is 14.3 Å². The van der Waals surface area contributed by atoms with Crippen LogP contribution >= 0.6 is 15.9 Å². The maximum atomic E-state index is 13.3. The summed E-state index contributed by atoms with van der Waals surface area (Å²) < 4.78 is 11.9. The van der Waals surface area contributed by atoms with Gasteiger partial charge >= 0.3 is 0 Å². The Morgan fingerprint density at radius 2 is 1.79 bits per heavy atom. The molecule has 1 aliphatic carbocycles. The topological polar surface area (TPSA) is 59.6 Å². The zero-order valence-electron chi connectivity index (χ0n) is 17.1. The molecule has 0 saturated heterocycles. The minimum Gasteiger partial charge on any atom is -0.497 e. The van der Waals surface area contributed by atoms with Crippen LogP contribution in [-0.2, 0) is 4.79 Å². The van der Waals surface area contributed by atoms with Gasteiger partial charge in [0.2, 0.25) is 0 Å². The van der Waals surface area contributed by atoms with E-state index in [1.807, 2.05) is 36.4 Å². The van der Waals surface area contributed by atoms with E-state index in [9.17, 15) is 4.79 Å². The zero-order chi connectivity index (χ0) is 20.8. The van der Waals surface area contributed by atoms with Gasteiger partial charge in [0.15, 0.2) is 5.78 Å². The van der Waals surface area contributed by atoms with Gasteiger partial charge in [-0.05, 0) is 30.0 Å². The molecule has 1 atom stereocenters. The predicted octanol–water partition coefficient (Wildman–Crippen LogP) is 5.69. The molecular formula is C23H25BrN2O3. The molecule has 29 heavy (non-hydrogen) atoms. The number of fused-ring (bicyclic) bond motifs is 1. The number of halogens is 1. The zero-order valence-corrected chi connectivity index (χ0v) is 18.6. The Hall–Kier alpha value is -2.47. The third-order valence-electron chi connectivity index (χ3n) is 5.53. The van der Waals surface area contributed by atoms with E-state index in [2.05, 4.69) is 40.4 Å². The fourth-order valence-corrected chi connectivity index (χ4v) is 4.89. The van der Waals surface area contributed by atoms with Gasteiger partial charge < -0.3 is 20.1 Å². The Balaban J connectivity index is 1.95. The summed E-state index contributed by atoms with van der Waals surface area (Å²) in [6.45, 7) is 4.28. The molecule has 152 valence electrons. The van der Waals surface area contributed by atoms with Gasteiger partial charge in [0.1, 0.15) is 11.5 Å².